The van der Waals surface area contributed by atoms with Gasteiger partial charge in [-0.25, -0.2) is 4.68 Å². The van der Waals surface area contributed by atoms with Crippen LogP contribution in [0.3, 0.4) is 0 Å². The number of benzene rings is 1. The van der Waals surface area contributed by atoms with Crippen LogP contribution in [0.25, 0.3) is 5.69 Å². The largest absolute Gasteiger partial charge is 0.312 e. The first kappa shape index (κ1) is 14.6. The van der Waals surface area contributed by atoms with Crippen LogP contribution in [0.2, 0.25) is 5.02 Å². The van der Waals surface area contributed by atoms with Crippen molar-refractivity contribution in [1.82, 2.24) is 15.1 Å². The van der Waals surface area contributed by atoms with E-state index in [1.54, 1.807) is 10.9 Å². The van der Waals surface area contributed by atoms with E-state index in [-0.39, 0.29) is 0 Å². The Bertz CT molecular complexity index is 551. The lowest BCUT2D eigenvalue weighted by molar-refractivity contribution is 0.551. The summed E-state index contributed by atoms with van der Waals surface area (Å²) in [7, 11) is 0. The summed E-state index contributed by atoms with van der Waals surface area (Å²) < 4.78 is 2.74. The molecule has 2 aromatic rings. The van der Waals surface area contributed by atoms with Gasteiger partial charge in [0.2, 0.25) is 0 Å². The van der Waals surface area contributed by atoms with Gasteiger partial charge in [0.1, 0.15) is 0 Å². The van der Waals surface area contributed by atoms with Crippen LogP contribution in [-0.2, 0) is 6.54 Å². The topological polar surface area (TPSA) is 29.9 Å². The molecule has 0 saturated heterocycles. The number of rotatable bonds is 5. The fourth-order valence-electron chi connectivity index (χ4n) is 1.88. The molecule has 0 aliphatic carbocycles. The Labute approximate surface area is 127 Å². The molecule has 5 heteroatoms. The van der Waals surface area contributed by atoms with Crippen molar-refractivity contribution < 1.29 is 0 Å². The average Bonchev–Trinajstić information content (AvgIpc) is 2.75. The highest BCUT2D eigenvalue weighted by Gasteiger charge is 2.10. The molecule has 0 bridgehead atoms. The van der Waals surface area contributed by atoms with Crippen molar-refractivity contribution in [2.24, 2.45) is 5.92 Å². The van der Waals surface area contributed by atoms with Gasteiger partial charge < -0.3 is 5.32 Å². The highest BCUT2D eigenvalue weighted by molar-refractivity contribution is 9.10. The van der Waals surface area contributed by atoms with E-state index >= 15 is 0 Å². The summed E-state index contributed by atoms with van der Waals surface area (Å²) in [6, 6.07) is 5.93. The molecule has 1 aromatic carbocycles. The molecule has 1 aromatic heterocycles. The van der Waals surface area contributed by atoms with E-state index in [2.05, 4.69) is 46.3 Å². The zero-order valence-electron chi connectivity index (χ0n) is 11.0. The van der Waals surface area contributed by atoms with Gasteiger partial charge in [0.25, 0.3) is 0 Å². The summed E-state index contributed by atoms with van der Waals surface area (Å²) in [4.78, 5) is 0. The van der Waals surface area contributed by atoms with Crippen molar-refractivity contribution in [3.8, 4) is 5.69 Å². The fourth-order valence-corrected chi connectivity index (χ4v) is 2.44. The Kier molecular flexibility index (Phi) is 5.02. The maximum atomic E-state index is 6.31. The van der Waals surface area contributed by atoms with Crippen molar-refractivity contribution in [3.05, 3.63) is 45.7 Å². The Balaban J connectivity index is 2.26. The first-order chi connectivity index (χ1) is 9.08. The normalized spacial score (nSPS) is 11.2. The van der Waals surface area contributed by atoms with Gasteiger partial charge in [0, 0.05) is 12.7 Å². The Morgan fingerprint density at radius 3 is 2.84 bits per heavy atom. The van der Waals surface area contributed by atoms with Crippen molar-refractivity contribution in [2.75, 3.05) is 6.54 Å². The molecule has 3 nitrogen and oxygen atoms in total. The van der Waals surface area contributed by atoms with Gasteiger partial charge in [-0.3, -0.25) is 0 Å². The number of nitrogens with one attached hydrogen (secondary N) is 1. The second-order valence-corrected chi connectivity index (χ2v) is 6.20. The molecule has 19 heavy (non-hydrogen) atoms. The van der Waals surface area contributed by atoms with Crippen LogP contribution in [0.1, 0.15) is 19.4 Å². The van der Waals surface area contributed by atoms with Gasteiger partial charge in [0.15, 0.2) is 0 Å². The van der Waals surface area contributed by atoms with Crippen LogP contribution in [0, 0.1) is 5.92 Å². The van der Waals surface area contributed by atoms with Gasteiger partial charge in [-0.15, -0.1) is 0 Å². The summed E-state index contributed by atoms with van der Waals surface area (Å²) in [5, 5.41) is 8.45. The number of hydrogen-bond acceptors (Lipinski definition) is 2. The minimum absolute atomic E-state index is 0.626. The van der Waals surface area contributed by atoms with Crippen LogP contribution in [0.4, 0.5) is 0 Å². The van der Waals surface area contributed by atoms with Crippen LogP contribution in [0.5, 0.6) is 0 Å². The maximum absolute atomic E-state index is 6.31. The van der Waals surface area contributed by atoms with E-state index in [9.17, 15) is 0 Å². The van der Waals surface area contributed by atoms with Gasteiger partial charge in [-0.2, -0.15) is 5.10 Å². The number of aromatic nitrogens is 2. The maximum Gasteiger partial charge on any atom is 0.0877 e. The number of nitrogens with zero attached hydrogens (tertiary/aromatic N) is 2. The van der Waals surface area contributed by atoms with Gasteiger partial charge in [-0.05, 0) is 40.0 Å². The summed E-state index contributed by atoms with van der Waals surface area (Å²) in [6.45, 7) is 6.15. The third kappa shape index (κ3) is 3.81. The van der Waals surface area contributed by atoms with E-state index in [1.165, 1.54) is 0 Å². The fraction of sp³-hybridized carbons (Fsp3) is 0.357. The van der Waals surface area contributed by atoms with Crippen LogP contribution in [0.15, 0.2) is 35.1 Å². The molecule has 0 aliphatic heterocycles. The second-order valence-electron chi connectivity index (χ2n) is 4.88. The minimum atomic E-state index is 0.626. The predicted octanol–water partition coefficient (Wildman–Crippen LogP) is 4.03. The number of hydrogen-bond donors (Lipinski definition) is 1. The molecule has 0 atom stereocenters. The highest BCUT2D eigenvalue weighted by Crippen LogP contribution is 2.25. The molecule has 102 valence electrons. The molecule has 1 heterocycles. The predicted molar refractivity (Wildman–Crippen MR) is 82.8 cm³/mol. The molecular formula is C14H17BrClN3. The Morgan fingerprint density at radius 1 is 1.42 bits per heavy atom. The second kappa shape index (κ2) is 6.55. The first-order valence-corrected chi connectivity index (χ1v) is 7.43. The Hall–Kier alpha value is -0.840. The van der Waals surface area contributed by atoms with E-state index in [0.29, 0.717) is 10.9 Å². The van der Waals surface area contributed by atoms with Crippen LogP contribution in [-0.4, -0.2) is 16.3 Å². The standard InChI is InChI=1S/C14H17BrClN3/c1-10(2)6-17-7-11-4-3-5-13(16)14(11)19-9-12(15)8-18-19/h3-5,8-10,17H,6-7H2,1-2H3. The summed E-state index contributed by atoms with van der Waals surface area (Å²) in [6.07, 6.45) is 3.67. The number of halogens is 2. The summed E-state index contributed by atoms with van der Waals surface area (Å²) in [5.74, 6) is 0.626. The molecule has 2 rings (SSSR count). The molecule has 0 spiro atoms. The van der Waals surface area contributed by atoms with Crippen molar-refractivity contribution in [1.29, 1.82) is 0 Å². The molecule has 0 fully saturated rings. The minimum Gasteiger partial charge on any atom is -0.312 e. The molecule has 0 saturated carbocycles. The lowest BCUT2D eigenvalue weighted by atomic mass is 10.1. The summed E-state index contributed by atoms with van der Waals surface area (Å²) in [5.41, 5.74) is 2.08. The van der Waals surface area contributed by atoms with Crippen molar-refractivity contribution in [3.63, 3.8) is 0 Å². The monoisotopic (exact) mass is 341 g/mol. The van der Waals surface area contributed by atoms with Crippen LogP contribution >= 0.6 is 27.5 Å². The lowest BCUT2D eigenvalue weighted by Crippen LogP contribution is -2.20. The molecule has 0 amide bonds. The summed E-state index contributed by atoms with van der Waals surface area (Å²) >= 11 is 9.72. The van der Waals surface area contributed by atoms with Gasteiger partial charge in [0.05, 0.1) is 21.4 Å². The molecule has 1 N–H and O–H groups in total. The highest BCUT2D eigenvalue weighted by atomic mass is 79.9. The SMILES string of the molecule is CC(C)CNCc1cccc(Cl)c1-n1cc(Br)cn1. The van der Waals surface area contributed by atoms with Crippen molar-refractivity contribution >= 4 is 27.5 Å². The number of para-hydroxylation sites is 1. The van der Waals surface area contributed by atoms with Crippen LogP contribution < -0.4 is 5.32 Å². The average molecular weight is 343 g/mol. The molecule has 0 radical (unpaired) electrons. The van der Waals surface area contributed by atoms with Gasteiger partial charge in [-0.1, -0.05) is 37.6 Å². The molecular weight excluding hydrogens is 326 g/mol. The van der Waals surface area contributed by atoms with E-state index in [1.807, 2.05) is 18.3 Å². The lowest BCUT2D eigenvalue weighted by Gasteiger charge is -2.13. The third-order valence-corrected chi connectivity index (χ3v) is 3.43. The smallest absolute Gasteiger partial charge is 0.0877 e. The zero-order chi connectivity index (χ0) is 13.8. The quantitative estimate of drug-likeness (QED) is 0.889. The van der Waals surface area contributed by atoms with E-state index in [0.717, 1.165) is 28.8 Å². The third-order valence-electron chi connectivity index (χ3n) is 2.72. The molecule has 0 aliphatic rings. The zero-order valence-corrected chi connectivity index (χ0v) is 13.4. The van der Waals surface area contributed by atoms with Gasteiger partial charge >= 0.3 is 0 Å². The van der Waals surface area contributed by atoms with E-state index < -0.39 is 0 Å². The first-order valence-electron chi connectivity index (χ1n) is 6.26. The molecule has 0 unspecified atom stereocenters. The van der Waals surface area contributed by atoms with E-state index in [4.69, 9.17) is 11.6 Å². The Morgan fingerprint density at radius 2 is 2.21 bits per heavy atom. The van der Waals surface area contributed by atoms with Crippen molar-refractivity contribution in [2.45, 2.75) is 20.4 Å².